The Labute approximate surface area is 80.5 Å². The quantitative estimate of drug-likeness (QED) is 0.710. The Kier molecular flexibility index (Phi) is 3.58. The van der Waals surface area contributed by atoms with Gasteiger partial charge < -0.3 is 10.2 Å². The Balaban J connectivity index is 2.39. The third-order valence-electron chi connectivity index (χ3n) is 2.36. The molecule has 0 heterocycles. The van der Waals surface area contributed by atoms with Crippen molar-refractivity contribution in [3.63, 3.8) is 0 Å². The SMILES string of the molecule is CCNC(=O)N(CC1CC1)C(C)C. The van der Waals surface area contributed by atoms with E-state index in [4.69, 9.17) is 0 Å². The summed E-state index contributed by atoms with van der Waals surface area (Å²) in [7, 11) is 0. The molecule has 0 spiro atoms. The van der Waals surface area contributed by atoms with Gasteiger partial charge in [0.15, 0.2) is 0 Å². The number of urea groups is 1. The minimum atomic E-state index is 0.0874. The van der Waals surface area contributed by atoms with Crippen molar-refractivity contribution < 1.29 is 4.79 Å². The van der Waals surface area contributed by atoms with Crippen molar-refractivity contribution in [3.8, 4) is 0 Å². The van der Waals surface area contributed by atoms with Crippen molar-refractivity contribution >= 4 is 6.03 Å². The number of rotatable bonds is 4. The van der Waals surface area contributed by atoms with Gasteiger partial charge in [0.05, 0.1) is 0 Å². The predicted molar refractivity (Wildman–Crippen MR) is 53.6 cm³/mol. The zero-order chi connectivity index (χ0) is 9.84. The van der Waals surface area contributed by atoms with Gasteiger partial charge in [0.2, 0.25) is 0 Å². The van der Waals surface area contributed by atoms with E-state index in [1.807, 2.05) is 11.8 Å². The second-order valence-corrected chi connectivity index (χ2v) is 4.02. The summed E-state index contributed by atoms with van der Waals surface area (Å²) in [6.07, 6.45) is 2.59. The topological polar surface area (TPSA) is 32.3 Å². The molecule has 0 saturated heterocycles. The molecule has 0 aromatic heterocycles. The summed E-state index contributed by atoms with van der Waals surface area (Å²) >= 11 is 0. The van der Waals surface area contributed by atoms with E-state index in [0.717, 1.165) is 12.5 Å². The van der Waals surface area contributed by atoms with Gasteiger partial charge in [-0.1, -0.05) is 0 Å². The number of nitrogens with one attached hydrogen (secondary N) is 1. The summed E-state index contributed by atoms with van der Waals surface area (Å²) in [5.74, 6) is 0.769. The smallest absolute Gasteiger partial charge is 0.317 e. The molecule has 1 N–H and O–H groups in total. The van der Waals surface area contributed by atoms with Crippen LogP contribution in [0.5, 0.6) is 0 Å². The first-order valence-corrected chi connectivity index (χ1v) is 5.19. The van der Waals surface area contributed by atoms with Crippen LogP contribution in [0.15, 0.2) is 0 Å². The van der Waals surface area contributed by atoms with E-state index in [2.05, 4.69) is 19.2 Å². The average molecular weight is 184 g/mol. The minimum Gasteiger partial charge on any atom is -0.338 e. The molecule has 1 aliphatic carbocycles. The first-order chi connectivity index (χ1) is 6.15. The normalized spacial score (nSPS) is 16.0. The molecule has 76 valence electrons. The van der Waals surface area contributed by atoms with Gasteiger partial charge in [-0.3, -0.25) is 0 Å². The van der Waals surface area contributed by atoms with Gasteiger partial charge >= 0.3 is 6.03 Å². The van der Waals surface area contributed by atoms with E-state index in [1.54, 1.807) is 0 Å². The standard InChI is InChI=1S/C10H20N2O/c1-4-11-10(13)12(8(2)3)7-9-5-6-9/h8-9H,4-7H2,1-3H3,(H,11,13). The minimum absolute atomic E-state index is 0.0874. The Bertz CT molecular complexity index is 176. The molecule has 2 amide bonds. The van der Waals surface area contributed by atoms with Crippen LogP contribution >= 0.6 is 0 Å². The summed E-state index contributed by atoms with van der Waals surface area (Å²) in [6.45, 7) is 7.74. The van der Waals surface area contributed by atoms with Crippen molar-refractivity contribution in [2.45, 2.75) is 39.7 Å². The lowest BCUT2D eigenvalue weighted by molar-refractivity contribution is 0.180. The molecule has 0 atom stereocenters. The van der Waals surface area contributed by atoms with Crippen LogP contribution in [-0.2, 0) is 0 Å². The van der Waals surface area contributed by atoms with Crippen molar-refractivity contribution in [1.29, 1.82) is 0 Å². The third kappa shape index (κ3) is 3.25. The van der Waals surface area contributed by atoms with Gasteiger partial charge in [-0.25, -0.2) is 4.79 Å². The van der Waals surface area contributed by atoms with Gasteiger partial charge in [0.1, 0.15) is 0 Å². The molecule has 0 unspecified atom stereocenters. The van der Waals surface area contributed by atoms with Crippen LogP contribution in [0.2, 0.25) is 0 Å². The van der Waals surface area contributed by atoms with Crippen LogP contribution in [0.4, 0.5) is 4.79 Å². The summed E-state index contributed by atoms with van der Waals surface area (Å²) in [6, 6.07) is 0.400. The molecule has 3 nitrogen and oxygen atoms in total. The van der Waals surface area contributed by atoms with Crippen LogP contribution in [0.25, 0.3) is 0 Å². The maximum atomic E-state index is 11.6. The number of hydrogen-bond donors (Lipinski definition) is 1. The Morgan fingerprint density at radius 3 is 2.54 bits per heavy atom. The highest BCUT2D eigenvalue weighted by Crippen LogP contribution is 2.30. The summed E-state index contributed by atoms with van der Waals surface area (Å²) in [4.78, 5) is 13.5. The predicted octanol–water partition coefficient (Wildman–Crippen LogP) is 1.84. The van der Waals surface area contributed by atoms with E-state index < -0.39 is 0 Å². The first kappa shape index (κ1) is 10.4. The van der Waals surface area contributed by atoms with Gasteiger partial charge in [-0.2, -0.15) is 0 Å². The number of hydrogen-bond acceptors (Lipinski definition) is 1. The first-order valence-electron chi connectivity index (χ1n) is 5.19. The van der Waals surface area contributed by atoms with Gasteiger partial charge in [-0.05, 0) is 39.5 Å². The molecule has 0 aromatic carbocycles. The fourth-order valence-corrected chi connectivity index (χ4v) is 1.36. The largest absolute Gasteiger partial charge is 0.338 e. The Morgan fingerprint density at radius 1 is 1.54 bits per heavy atom. The lowest BCUT2D eigenvalue weighted by atomic mass is 10.3. The second-order valence-electron chi connectivity index (χ2n) is 4.02. The highest BCUT2D eigenvalue weighted by Gasteiger charge is 2.27. The van der Waals surface area contributed by atoms with Gasteiger partial charge in [0, 0.05) is 19.1 Å². The van der Waals surface area contributed by atoms with Gasteiger partial charge in [-0.15, -0.1) is 0 Å². The third-order valence-corrected chi connectivity index (χ3v) is 2.36. The second kappa shape index (κ2) is 4.49. The molecule has 1 rings (SSSR count). The molecule has 0 radical (unpaired) electrons. The molecule has 3 heteroatoms. The van der Waals surface area contributed by atoms with Gasteiger partial charge in [0.25, 0.3) is 0 Å². The van der Waals surface area contributed by atoms with Crippen LogP contribution in [0.3, 0.4) is 0 Å². The maximum absolute atomic E-state index is 11.6. The van der Waals surface area contributed by atoms with Crippen LogP contribution in [0.1, 0.15) is 33.6 Å². The molecule has 0 aliphatic heterocycles. The fourth-order valence-electron chi connectivity index (χ4n) is 1.36. The molecule has 13 heavy (non-hydrogen) atoms. The van der Waals surface area contributed by atoms with Crippen molar-refractivity contribution in [2.75, 3.05) is 13.1 Å². The Morgan fingerprint density at radius 2 is 2.15 bits per heavy atom. The molecule has 0 bridgehead atoms. The lowest BCUT2D eigenvalue weighted by Gasteiger charge is -2.26. The lowest BCUT2D eigenvalue weighted by Crippen LogP contribution is -2.44. The maximum Gasteiger partial charge on any atom is 0.317 e. The zero-order valence-electron chi connectivity index (χ0n) is 8.84. The van der Waals surface area contributed by atoms with Crippen LogP contribution in [0, 0.1) is 5.92 Å². The molecular formula is C10H20N2O. The summed E-state index contributed by atoms with van der Waals surface area (Å²) < 4.78 is 0. The molecule has 0 aromatic rings. The summed E-state index contributed by atoms with van der Waals surface area (Å²) in [5, 5.41) is 2.85. The molecule has 1 aliphatic rings. The van der Waals surface area contributed by atoms with E-state index in [1.165, 1.54) is 12.8 Å². The van der Waals surface area contributed by atoms with Crippen molar-refractivity contribution in [2.24, 2.45) is 5.92 Å². The molecule has 1 saturated carbocycles. The van der Waals surface area contributed by atoms with Crippen molar-refractivity contribution in [1.82, 2.24) is 10.2 Å². The van der Waals surface area contributed by atoms with Crippen molar-refractivity contribution in [3.05, 3.63) is 0 Å². The number of carbonyl (C=O) groups excluding carboxylic acids is 1. The summed E-state index contributed by atoms with van der Waals surface area (Å²) in [5.41, 5.74) is 0. The number of carbonyl (C=O) groups is 1. The zero-order valence-corrected chi connectivity index (χ0v) is 8.84. The number of nitrogens with zero attached hydrogens (tertiary/aromatic N) is 1. The van der Waals surface area contributed by atoms with E-state index in [0.29, 0.717) is 12.6 Å². The highest BCUT2D eigenvalue weighted by atomic mass is 16.2. The molecule has 1 fully saturated rings. The number of amides is 2. The monoisotopic (exact) mass is 184 g/mol. The van der Waals surface area contributed by atoms with E-state index in [9.17, 15) is 4.79 Å². The van der Waals surface area contributed by atoms with Crippen LogP contribution < -0.4 is 5.32 Å². The van der Waals surface area contributed by atoms with E-state index in [-0.39, 0.29) is 6.03 Å². The van der Waals surface area contributed by atoms with Crippen LogP contribution in [-0.4, -0.2) is 30.1 Å². The molecular weight excluding hydrogens is 164 g/mol. The fraction of sp³-hybridized carbons (Fsp3) is 0.900. The Hall–Kier alpha value is -0.730. The highest BCUT2D eigenvalue weighted by molar-refractivity contribution is 5.74. The van der Waals surface area contributed by atoms with E-state index >= 15 is 0 Å². The average Bonchev–Trinajstić information content (AvgIpc) is 2.83.